The number of hydrogen-bond acceptors (Lipinski definition) is 5. The molecule has 0 fully saturated rings. The zero-order valence-corrected chi connectivity index (χ0v) is 10.9. The molecule has 0 radical (unpaired) electrons. The minimum absolute atomic E-state index is 0.276. The topological polar surface area (TPSA) is 60.2 Å². The van der Waals surface area contributed by atoms with E-state index in [2.05, 4.69) is 15.5 Å². The molecule has 0 amide bonds. The first-order valence-corrected chi connectivity index (χ1v) is 6.01. The van der Waals surface area contributed by atoms with Gasteiger partial charge in [-0.2, -0.15) is 4.98 Å². The molecule has 0 unspecified atom stereocenters. The van der Waals surface area contributed by atoms with Gasteiger partial charge in [-0.25, -0.2) is 4.39 Å². The Kier molecular flexibility index (Phi) is 4.46. The summed E-state index contributed by atoms with van der Waals surface area (Å²) in [5, 5.41) is 6.92. The van der Waals surface area contributed by atoms with Crippen molar-refractivity contribution in [2.75, 3.05) is 13.7 Å². The highest BCUT2D eigenvalue weighted by Crippen LogP contribution is 2.15. The van der Waals surface area contributed by atoms with Crippen LogP contribution in [0.2, 0.25) is 0 Å². The number of rotatable bonds is 6. The second-order valence-corrected chi connectivity index (χ2v) is 4.11. The van der Waals surface area contributed by atoms with Gasteiger partial charge in [-0.15, -0.1) is 0 Å². The van der Waals surface area contributed by atoms with E-state index in [0.29, 0.717) is 42.5 Å². The Morgan fingerprint density at radius 3 is 2.89 bits per heavy atom. The maximum Gasteiger partial charge on any atom is 0.223 e. The van der Waals surface area contributed by atoms with E-state index in [1.165, 1.54) is 13.2 Å². The standard InChI is InChI=1S/C13H16FN3O2/c1-9-16-13(17-19-9)5-6-15-8-10-3-4-11(18-2)7-12(10)14/h3-4,7,15H,5-6,8H2,1-2H3. The highest BCUT2D eigenvalue weighted by molar-refractivity contribution is 5.28. The first-order valence-electron chi connectivity index (χ1n) is 6.01. The van der Waals surface area contributed by atoms with Gasteiger partial charge >= 0.3 is 0 Å². The number of nitrogens with zero attached hydrogens (tertiary/aromatic N) is 2. The van der Waals surface area contributed by atoms with Crippen LogP contribution in [0, 0.1) is 12.7 Å². The molecule has 1 aromatic heterocycles. The average Bonchev–Trinajstić information content (AvgIpc) is 2.82. The monoisotopic (exact) mass is 265 g/mol. The quantitative estimate of drug-likeness (QED) is 0.808. The number of aryl methyl sites for hydroxylation is 1. The molecular formula is C13H16FN3O2. The third-order valence-electron chi connectivity index (χ3n) is 2.67. The van der Waals surface area contributed by atoms with E-state index in [0.717, 1.165) is 0 Å². The lowest BCUT2D eigenvalue weighted by molar-refractivity contribution is 0.387. The molecule has 1 aromatic carbocycles. The molecule has 1 heterocycles. The third-order valence-corrected chi connectivity index (χ3v) is 2.67. The van der Waals surface area contributed by atoms with E-state index < -0.39 is 0 Å². The zero-order chi connectivity index (χ0) is 13.7. The van der Waals surface area contributed by atoms with Crippen LogP contribution in [0.3, 0.4) is 0 Å². The second-order valence-electron chi connectivity index (χ2n) is 4.11. The number of benzene rings is 1. The Morgan fingerprint density at radius 2 is 2.26 bits per heavy atom. The van der Waals surface area contributed by atoms with E-state index in [1.54, 1.807) is 19.1 Å². The van der Waals surface area contributed by atoms with Gasteiger partial charge in [0.15, 0.2) is 5.82 Å². The lowest BCUT2D eigenvalue weighted by Crippen LogP contribution is -2.18. The van der Waals surface area contributed by atoms with Crippen molar-refractivity contribution in [3.63, 3.8) is 0 Å². The van der Waals surface area contributed by atoms with E-state index in [9.17, 15) is 4.39 Å². The smallest absolute Gasteiger partial charge is 0.223 e. The van der Waals surface area contributed by atoms with Crippen LogP contribution in [0.5, 0.6) is 5.75 Å². The predicted octanol–water partition coefficient (Wildman–Crippen LogP) is 1.86. The Hall–Kier alpha value is -1.95. The fourth-order valence-electron chi connectivity index (χ4n) is 1.66. The molecule has 102 valence electrons. The molecule has 5 nitrogen and oxygen atoms in total. The van der Waals surface area contributed by atoms with Gasteiger partial charge in [0.2, 0.25) is 5.89 Å². The van der Waals surface area contributed by atoms with Gasteiger partial charge in [0.25, 0.3) is 0 Å². The number of halogens is 1. The van der Waals surface area contributed by atoms with Gasteiger partial charge in [0.05, 0.1) is 7.11 Å². The molecule has 0 bridgehead atoms. The van der Waals surface area contributed by atoms with Gasteiger partial charge in [-0.05, 0) is 6.07 Å². The van der Waals surface area contributed by atoms with Crippen LogP contribution >= 0.6 is 0 Å². The van der Waals surface area contributed by atoms with Crippen molar-refractivity contribution in [3.8, 4) is 5.75 Å². The molecule has 0 spiro atoms. The molecule has 0 aliphatic heterocycles. The molecular weight excluding hydrogens is 249 g/mol. The Balaban J connectivity index is 1.79. The lowest BCUT2D eigenvalue weighted by Gasteiger charge is -2.06. The van der Waals surface area contributed by atoms with Crippen LogP contribution in [0.1, 0.15) is 17.3 Å². The molecule has 1 N–H and O–H groups in total. The van der Waals surface area contributed by atoms with Gasteiger partial charge in [0, 0.05) is 38.1 Å². The fraction of sp³-hybridized carbons (Fsp3) is 0.385. The average molecular weight is 265 g/mol. The van der Waals surface area contributed by atoms with Crippen molar-refractivity contribution >= 4 is 0 Å². The summed E-state index contributed by atoms with van der Waals surface area (Å²) in [5.74, 6) is 1.45. The first-order chi connectivity index (χ1) is 9.19. The van der Waals surface area contributed by atoms with Crippen molar-refractivity contribution in [1.82, 2.24) is 15.5 Å². The van der Waals surface area contributed by atoms with E-state index in [4.69, 9.17) is 9.26 Å². The maximum absolute atomic E-state index is 13.6. The maximum atomic E-state index is 13.6. The number of aromatic nitrogens is 2. The highest BCUT2D eigenvalue weighted by atomic mass is 19.1. The van der Waals surface area contributed by atoms with E-state index in [-0.39, 0.29) is 5.82 Å². The number of nitrogens with one attached hydrogen (secondary N) is 1. The highest BCUT2D eigenvalue weighted by Gasteiger charge is 2.05. The summed E-state index contributed by atoms with van der Waals surface area (Å²) in [7, 11) is 1.51. The van der Waals surface area contributed by atoms with Gasteiger partial charge in [0.1, 0.15) is 11.6 Å². The number of ether oxygens (including phenoxy) is 1. The third kappa shape index (κ3) is 3.75. The summed E-state index contributed by atoms with van der Waals surface area (Å²) in [6, 6.07) is 4.82. The minimum atomic E-state index is -0.276. The van der Waals surface area contributed by atoms with Crippen LogP contribution in [-0.2, 0) is 13.0 Å². The molecule has 0 aliphatic carbocycles. The van der Waals surface area contributed by atoms with Crippen LogP contribution in [0.25, 0.3) is 0 Å². The Labute approximate surface area is 110 Å². The van der Waals surface area contributed by atoms with Crippen LogP contribution in [-0.4, -0.2) is 23.8 Å². The van der Waals surface area contributed by atoms with Crippen LogP contribution < -0.4 is 10.1 Å². The predicted molar refractivity (Wildman–Crippen MR) is 67.4 cm³/mol. The van der Waals surface area contributed by atoms with Crippen molar-refractivity contribution in [1.29, 1.82) is 0 Å². The fourth-order valence-corrected chi connectivity index (χ4v) is 1.66. The summed E-state index contributed by atoms with van der Waals surface area (Å²) in [6.07, 6.45) is 0.648. The molecule has 0 aliphatic rings. The summed E-state index contributed by atoms with van der Waals surface area (Å²) in [4.78, 5) is 4.09. The minimum Gasteiger partial charge on any atom is -0.497 e. The van der Waals surface area contributed by atoms with Crippen molar-refractivity contribution in [2.24, 2.45) is 0 Å². The Morgan fingerprint density at radius 1 is 1.42 bits per heavy atom. The molecule has 2 aromatic rings. The number of methoxy groups -OCH3 is 1. The van der Waals surface area contributed by atoms with Crippen molar-refractivity contribution < 1.29 is 13.7 Å². The summed E-state index contributed by atoms with van der Waals surface area (Å²) in [6.45, 7) is 2.85. The SMILES string of the molecule is COc1ccc(CNCCc2noc(C)n2)c(F)c1. The molecule has 2 rings (SSSR count). The summed E-state index contributed by atoms with van der Waals surface area (Å²) >= 11 is 0. The van der Waals surface area contributed by atoms with Crippen LogP contribution in [0.4, 0.5) is 4.39 Å². The molecule has 0 saturated heterocycles. The van der Waals surface area contributed by atoms with Crippen molar-refractivity contribution in [3.05, 3.63) is 41.3 Å². The largest absolute Gasteiger partial charge is 0.497 e. The second kappa shape index (κ2) is 6.29. The summed E-state index contributed by atoms with van der Waals surface area (Å²) < 4.78 is 23.4. The molecule has 6 heteroatoms. The molecule has 0 saturated carbocycles. The molecule has 0 atom stereocenters. The van der Waals surface area contributed by atoms with E-state index >= 15 is 0 Å². The lowest BCUT2D eigenvalue weighted by atomic mass is 10.2. The van der Waals surface area contributed by atoms with Gasteiger partial charge in [-0.3, -0.25) is 0 Å². The molecule has 19 heavy (non-hydrogen) atoms. The summed E-state index contributed by atoms with van der Waals surface area (Å²) in [5.41, 5.74) is 0.602. The van der Waals surface area contributed by atoms with Gasteiger partial charge < -0.3 is 14.6 Å². The van der Waals surface area contributed by atoms with Gasteiger partial charge in [-0.1, -0.05) is 11.2 Å². The normalized spacial score (nSPS) is 10.7. The van der Waals surface area contributed by atoms with Crippen LogP contribution in [0.15, 0.2) is 22.7 Å². The van der Waals surface area contributed by atoms with E-state index in [1.807, 2.05) is 0 Å². The first kappa shape index (κ1) is 13.5. The van der Waals surface area contributed by atoms with Crippen molar-refractivity contribution in [2.45, 2.75) is 19.9 Å². The Bertz CT molecular complexity index is 542. The number of hydrogen-bond donors (Lipinski definition) is 1. The zero-order valence-electron chi connectivity index (χ0n) is 10.9.